The zero-order chi connectivity index (χ0) is 14.7. The molecule has 0 fully saturated rings. The highest BCUT2D eigenvalue weighted by atomic mass is 19.1. The Morgan fingerprint density at radius 1 is 1.35 bits per heavy atom. The maximum absolute atomic E-state index is 13.2. The van der Waals surface area contributed by atoms with Crippen molar-refractivity contribution < 1.29 is 4.39 Å². The van der Waals surface area contributed by atoms with E-state index in [4.69, 9.17) is 11.1 Å². The van der Waals surface area contributed by atoms with E-state index < -0.39 is 0 Å². The number of nitrogens with one attached hydrogen (secondary N) is 1. The van der Waals surface area contributed by atoms with Crippen LogP contribution < -0.4 is 10.6 Å². The highest BCUT2D eigenvalue weighted by molar-refractivity contribution is 5.93. The number of hydrogen-bond acceptors (Lipinski definition) is 4. The second-order valence-corrected chi connectivity index (χ2v) is 4.59. The quantitative estimate of drug-likeness (QED) is 0.658. The van der Waals surface area contributed by atoms with Crippen molar-refractivity contribution in [2.24, 2.45) is 5.73 Å². The van der Waals surface area contributed by atoms with E-state index in [0.717, 1.165) is 11.3 Å². The van der Waals surface area contributed by atoms with E-state index in [-0.39, 0.29) is 11.7 Å². The summed E-state index contributed by atoms with van der Waals surface area (Å²) in [5.74, 6) is 0.0841. The van der Waals surface area contributed by atoms with E-state index in [1.165, 1.54) is 12.1 Å². The Hall–Kier alpha value is -2.50. The highest BCUT2D eigenvalue weighted by Crippen LogP contribution is 2.13. The first kappa shape index (κ1) is 13.9. The number of benzene rings is 1. The second-order valence-electron chi connectivity index (χ2n) is 4.59. The summed E-state index contributed by atoms with van der Waals surface area (Å²) < 4.78 is 13.2. The van der Waals surface area contributed by atoms with Crippen molar-refractivity contribution in [3.63, 3.8) is 0 Å². The van der Waals surface area contributed by atoms with E-state index in [9.17, 15) is 4.39 Å². The van der Waals surface area contributed by atoms with Crippen molar-refractivity contribution >= 4 is 11.8 Å². The topological polar surface area (TPSA) is 78.9 Å². The molecule has 2 aromatic rings. The Balaban J connectivity index is 2.25. The van der Waals surface area contributed by atoms with E-state index in [2.05, 4.69) is 9.97 Å². The summed E-state index contributed by atoms with van der Waals surface area (Å²) in [5.41, 5.74) is 7.39. The lowest BCUT2D eigenvalue weighted by Gasteiger charge is -2.18. The molecule has 0 spiro atoms. The molecule has 6 heteroatoms. The Kier molecular flexibility index (Phi) is 3.93. The van der Waals surface area contributed by atoms with Crippen LogP contribution in [0.3, 0.4) is 0 Å². The largest absolute Gasteiger partial charge is 0.382 e. The fraction of sp³-hybridized carbons (Fsp3) is 0.214. The van der Waals surface area contributed by atoms with Gasteiger partial charge in [0.15, 0.2) is 0 Å². The smallest absolute Gasteiger partial charge is 0.226 e. The molecule has 1 aromatic carbocycles. The zero-order valence-corrected chi connectivity index (χ0v) is 11.4. The summed E-state index contributed by atoms with van der Waals surface area (Å²) in [6, 6.07) is 8.03. The van der Waals surface area contributed by atoms with Crippen LogP contribution in [0.25, 0.3) is 0 Å². The van der Waals surface area contributed by atoms with Gasteiger partial charge in [-0.2, -0.15) is 0 Å². The Morgan fingerprint density at radius 3 is 2.75 bits per heavy atom. The highest BCUT2D eigenvalue weighted by Gasteiger charge is 2.09. The summed E-state index contributed by atoms with van der Waals surface area (Å²) >= 11 is 0. The summed E-state index contributed by atoms with van der Waals surface area (Å²) in [5, 5.41) is 7.44. The molecule has 0 unspecified atom stereocenters. The predicted octanol–water partition coefficient (Wildman–Crippen LogP) is 1.84. The summed E-state index contributed by atoms with van der Waals surface area (Å²) in [7, 11) is 1.81. The average Bonchev–Trinajstić information content (AvgIpc) is 2.37. The van der Waals surface area contributed by atoms with Crippen LogP contribution in [0, 0.1) is 18.2 Å². The molecule has 0 aliphatic rings. The van der Waals surface area contributed by atoms with Crippen LogP contribution in [0.2, 0.25) is 0 Å². The van der Waals surface area contributed by atoms with Gasteiger partial charge in [-0.15, -0.1) is 0 Å². The van der Waals surface area contributed by atoms with Gasteiger partial charge >= 0.3 is 0 Å². The molecule has 0 saturated carbocycles. The van der Waals surface area contributed by atoms with Crippen LogP contribution in [0.5, 0.6) is 0 Å². The van der Waals surface area contributed by atoms with Crippen LogP contribution >= 0.6 is 0 Å². The average molecular weight is 273 g/mol. The molecule has 0 saturated heterocycles. The van der Waals surface area contributed by atoms with Crippen molar-refractivity contribution in [1.29, 1.82) is 5.41 Å². The molecule has 3 N–H and O–H groups in total. The van der Waals surface area contributed by atoms with Gasteiger partial charge in [0.1, 0.15) is 17.3 Å². The molecule has 1 aromatic heterocycles. The minimum absolute atomic E-state index is 0.101. The molecule has 104 valence electrons. The molecule has 0 aliphatic carbocycles. The Labute approximate surface area is 116 Å². The third-order valence-electron chi connectivity index (χ3n) is 2.77. The number of nitrogen functional groups attached to an aromatic ring is 1. The number of amidine groups is 1. The number of nitrogens with zero attached hydrogens (tertiary/aromatic N) is 3. The van der Waals surface area contributed by atoms with Crippen LogP contribution in [-0.2, 0) is 6.54 Å². The first-order valence-corrected chi connectivity index (χ1v) is 6.11. The number of aryl methyl sites for hydroxylation is 1. The lowest BCUT2D eigenvalue weighted by Crippen LogP contribution is -2.22. The molecule has 0 radical (unpaired) electrons. The predicted molar refractivity (Wildman–Crippen MR) is 76.3 cm³/mol. The van der Waals surface area contributed by atoms with Crippen molar-refractivity contribution in [2.75, 3.05) is 11.9 Å². The van der Waals surface area contributed by atoms with Gasteiger partial charge in [0, 0.05) is 19.3 Å². The van der Waals surface area contributed by atoms with Gasteiger partial charge in [-0.1, -0.05) is 12.1 Å². The third-order valence-corrected chi connectivity index (χ3v) is 2.77. The minimum Gasteiger partial charge on any atom is -0.382 e. The number of halogens is 1. The molecule has 0 amide bonds. The van der Waals surface area contributed by atoms with Gasteiger partial charge < -0.3 is 10.6 Å². The van der Waals surface area contributed by atoms with Gasteiger partial charge in [-0.25, -0.2) is 14.4 Å². The third kappa shape index (κ3) is 3.28. The summed E-state index contributed by atoms with van der Waals surface area (Å²) in [6.45, 7) is 2.28. The van der Waals surface area contributed by atoms with Gasteiger partial charge in [0.25, 0.3) is 0 Å². The Bertz CT molecular complexity index is 641. The first-order chi connectivity index (χ1) is 9.45. The molecule has 20 heavy (non-hydrogen) atoms. The zero-order valence-electron chi connectivity index (χ0n) is 11.4. The number of anilines is 1. The fourth-order valence-electron chi connectivity index (χ4n) is 1.84. The number of hydrogen-bond donors (Lipinski definition) is 2. The summed E-state index contributed by atoms with van der Waals surface area (Å²) in [6.07, 6.45) is 0. The van der Waals surface area contributed by atoms with Gasteiger partial charge in [0.05, 0.1) is 0 Å². The molecular formula is C14H16FN5. The maximum atomic E-state index is 13.2. The fourth-order valence-corrected chi connectivity index (χ4v) is 1.84. The van der Waals surface area contributed by atoms with Crippen LogP contribution in [0.15, 0.2) is 30.3 Å². The van der Waals surface area contributed by atoms with E-state index in [1.807, 2.05) is 20.0 Å². The molecule has 5 nitrogen and oxygen atoms in total. The molecule has 2 rings (SSSR count). The van der Waals surface area contributed by atoms with E-state index in [0.29, 0.717) is 18.2 Å². The first-order valence-electron chi connectivity index (χ1n) is 6.11. The number of aromatic nitrogens is 2. The van der Waals surface area contributed by atoms with Crippen LogP contribution in [-0.4, -0.2) is 22.9 Å². The van der Waals surface area contributed by atoms with Crippen molar-refractivity contribution in [1.82, 2.24) is 9.97 Å². The van der Waals surface area contributed by atoms with Crippen molar-refractivity contribution in [2.45, 2.75) is 13.5 Å². The number of nitrogens with two attached hydrogens (primary N) is 1. The summed E-state index contributed by atoms with van der Waals surface area (Å²) in [4.78, 5) is 10.3. The van der Waals surface area contributed by atoms with Gasteiger partial charge in [-0.05, 0) is 30.7 Å². The SMILES string of the molecule is Cc1cc(C(=N)N)nc(N(C)Cc2cccc(F)c2)n1. The Morgan fingerprint density at radius 2 is 2.10 bits per heavy atom. The lowest BCUT2D eigenvalue weighted by atomic mass is 10.2. The molecular weight excluding hydrogens is 257 g/mol. The van der Waals surface area contributed by atoms with Crippen LogP contribution in [0.4, 0.5) is 10.3 Å². The minimum atomic E-state index is -0.273. The standard InChI is InChI=1S/C14H16FN5/c1-9-6-12(13(16)17)19-14(18-9)20(2)8-10-4-3-5-11(15)7-10/h3-7H,8H2,1-2H3,(H3,16,17). The normalized spacial score (nSPS) is 10.3. The van der Waals surface area contributed by atoms with Crippen molar-refractivity contribution in [3.05, 3.63) is 53.1 Å². The van der Waals surface area contributed by atoms with E-state index in [1.54, 1.807) is 17.0 Å². The lowest BCUT2D eigenvalue weighted by molar-refractivity contribution is 0.625. The molecule has 0 aliphatic heterocycles. The van der Waals surface area contributed by atoms with Gasteiger partial charge in [0.2, 0.25) is 5.95 Å². The molecule has 0 bridgehead atoms. The molecule has 0 atom stereocenters. The van der Waals surface area contributed by atoms with E-state index >= 15 is 0 Å². The number of rotatable bonds is 4. The monoisotopic (exact) mass is 273 g/mol. The second kappa shape index (κ2) is 5.64. The van der Waals surface area contributed by atoms with Crippen LogP contribution in [0.1, 0.15) is 17.0 Å². The molecule has 1 heterocycles. The van der Waals surface area contributed by atoms with Crippen molar-refractivity contribution in [3.8, 4) is 0 Å². The van der Waals surface area contributed by atoms with Gasteiger partial charge in [-0.3, -0.25) is 5.41 Å². The maximum Gasteiger partial charge on any atom is 0.226 e.